The van der Waals surface area contributed by atoms with E-state index in [-0.39, 0.29) is 11.4 Å². The number of ether oxygens (including phenoxy) is 1. The molecule has 0 bridgehead atoms. The largest absolute Gasteiger partial charge is 0.465 e. The molecule has 2 aliphatic carbocycles. The average Bonchev–Trinajstić information content (AvgIpc) is 3.03. The highest BCUT2D eigenvalue weighted by Crippen LogP contribution is 2.48. The predicted molar refractivity (Wildman–Crippen MR) is 72.3 cm³/mol. The van der Waals surface area contributed by atoms with Gasteiger partial charge in [0.1, 0.15) is 5.54 Å². The van der Waals surface area contributed by atoms with Gasteiger partial charge in [-0.3, -0.25) is 4.79 Å². The topological polar surface area (TPSA) is 38.3 Å². The minimum atomic E-state index is -0.442. The SMILES string of the molecule is CCOC(=O)C1(NCC2CC2)CC(C)(C)CC1C. The summed E-state index contributed by atoms with van der Waals surface area (Å²) in [4.78, 5) is 12.4. The second kappa shape index (κ2) is 4.84. The van der Waals surface area contributed by atoms with Gasteiger partial charge in [-0.15, -0.1) is 0 Å². The molecule has 0 heterocycles. The van der Waals surface area contributed by atoms with E-state index in [9.17, 15) is 4.79 Å². The Hall–Kier alpha value is -0.570. The molecule has 0 amide bonds. The molecular weight excluding hydrogens is 226 g/mol. The smallest absolute Gasteiger partial charge is 0.326 e. The predicted octanol–water partition coefficient (Wildman–Crippen LogP) is 2.74. The molecule has 3 nitrogen and oxygen atoms in total. The van der Waals surface area contributed by atoms with E-state index < -0.39 is 5.54 Å². The van der Waals surface area contributed by atoms with Crippen molar-refractivity contribution in [2.75, 3.05) is 13.2 Å². The quantitative estimate of drug-likeness (QED) is 0.766. The van der Waals surface area contributed by atoms with Crippen LogP contribution in [0.15, 0.2) is 0 Å². The Bertz CT molecular complexity index is 322. The van der Waals surface area contributed by atoms with Crippen molar-refractivity contribution in [2.45, 2.75) is 58.9 Å². The Labute approximate surface area is 111 Å². The van der Waals surface area contributed by atoms with E-state index in [1.165, 1.54) is 12.8 Å². The van der Waals surface area contributed by atoms with Gasteiger partial charge in [0.15, 0.2) is 0 Å². The fraction of sp³-hybridized carbons (Fsp3) is 0.933. The van der Waals surface area contributed by atoms with Crippen LogP contribution in [0.2, 0.25) is 0 Å². The van der Waals surface area contributed by atoms with Crippen LogP contribution >= 0.6 is 0 Å². The van der Waals surface area contributed by atoms with Gasteiger partial charge in [0.25, 0.3) is 0 Å². The van der Waals surface area contributed by atoms with Gasteiger partial charge >= 0.3 is 5.97 Å². The summed E-state index contributed by atoms with van der Waals surface area (Å²) >= 11 is 0. The first-order chi connectivity index (χ1) is 8.39. The highest BCUT2D eigenvalue weighted by atomic mass is 16.5. The molecule has 2 atom stereocenters. The molecule has 1 N–H and O–H groups in total. The van der Waals surface area contributed by atoms with Crippen molar-refractivity contribution >= 4 is 5.97 Å². The lowest BCUT2D eigenvalue weighted by molar-refractivity contribution is -0.153. The van der Waals surface area contributed by atoms with E-state index in [1.54, 1.807) is 0 Å². The summed E-state index contributed by atoms with van der Waals surface area (Å²) in [6.07, 6.45) is 4.60. The lowest BCUT2D eigenvalue weighted by Crippen LogP contribution is -2.56. The number of nitrogens with one attached hydrogen (secondary N) is 1. The summed E-state index contributed by atoms with van der Waals surface area (Å²) in [5, 5.41) is 3.57. The van der Waals surface area contributed by atoms with Crippen molar-refractivity contribution < 1.29 is 9.53 Å². The van der Waals surface area contributed by atoms with Crippen molar-refractivity contribution in [2.24, 2.45) is 17.3 Å². The summed E-state index contributed by atoms with van der Waals surface area (Å²) in [5.74, 6) is 1.10. The molecule has 0 aliphatic heterocycles. The highest BCUT2D eigenvalue weighted by molar-refractivity contribution is 5.82. The second-order valence-electron chi connectivity index (χ2n) is 6.96. The monoisotopic (exact) mass is 253 g/mol. The zero-order valence-electron chi connectivity index (χ0n) is 12.2. The lowest BCUT2D eigenvalue weighted by atomic mass is 9.86. The van der Waals surface area contributed by atoms with Crippen molar-refractivity contribution in [1.29, 1.82) is 0 Å². The van der Waals surface area contributed by atoms with Crippen molar-refractivity contribution in [1.82, 2.24) is 5.32 Å². The van der Waals surface area contributed by atoms with E-state index in [1.807, 2.05) is 6.92 Å². The van der Waals surface area contributed by atoms with Gasteiger partial charge in [-0.05, 0) is 56.4 Å². The van der Waals surface area contributed by atoms with E-state index in [4.69, 9.17) is 4.74 Å². The van der Waals surface area contributed by atoms with Gasteiger partial charge in [-0.2, -0.15) is 0 Å². The van der Waals surface area contributed by atoms with E-state index in [2.05, 4.69) is 26.1 Å². The van der Waals surface area contributed by atoms with Crippen LogP contribution in [0, 0.1) is 17.3 Å². The summed E-state index contributed by atoms with van der Waals surface area (Å²) in [6.45, 7) is 10.0. The number of hydrogen-bond acceptors (Lipinski definition) is 3. The van der Waals surface area contributed by atoms with Crippen LogP contribution in [-0.4, -0.2) is 24.7 Å². The Kier molecular flexibility index (Phi) is 3.72. The van der Waals surface area contributed by atoms with Gasteiger partial charge in [0.05, 0.1) is 6.61 Å². The minimum Gasteiger partial charge on any atom is -0.465 e. The first-order valence-corrected chi connectivity index (χ1v) is 7.32. The molecule has 0 radical (unpaired) electrons. The molecule has 0 aromatic rings. The highest BCUT2D eigenvalue weighted by Gasteiger charge is 2.54. The summed E-state index contributed by atoms with van der Waals surface area (Å²) in [7, 11) is 0. The zero-order chi connectivity index (χ0) is 13.4. The maximum absolute atomic E-state index is 12.4. The third-order valence-corrected chi connectivity index (χ3v) is 4.50. The standard InChI is InChI=1S/C15H27NO2/c1-5-18-13(17)15(16-9-12-6-7-12)10-14(3,4)8-11(15)2/h11-12,16H,5-10H2,1-4H3. The summed E-state index contributed by atoms with van der Waals surface area (Å²) in [6, 6.07) is 0. The molecule has 2 aliphatic rings. The fourth-order valence-electron chi connectivity index (χ4n) is 3.49. The molecular formula is C15H27NO2. The first-order valence-electron chi connectivity index (χ1n) is 7.32. The average molecular weight is 253 g/mol. The van der Waals surface area contributed by atoms with Gasteiger partial charge in [-0.1, -0.05) is 20.8 Å². The number of rotatable bonds is 5. The number of hydrogen-bond donors (Lipinski definition) is 1. The van der Waals surface area contributed by atoms with Gasteiger partial charge in [0.2, 0.25) is 0 Å². The molecule has 18 heavy (non-hydrogen) atoms. The maximum atomic E-state index is 12.4. The molecule has 0 spiro atoms. The molecule has 2 unspecified atom stereocenters. The Balaban J connectivity index is 2.12. The Morgan fingerprint density at radius 3 is 2.50 bits per heavy atom. The third kappa shape index (κ3) is 2.71. The second-order valence-corrected chi connectivity index (χ2v) is 6.96. The fourth-order valence-corrected chi connectivity index (χ4v) is 3.49. The van der Waals surface area contributed by atoms with Crippen LogP contribution in [-0.2, 0) is 9.53 Å². The van der Waals surface area contributed by atoms with Crippen LogP contribution in [0.25, 0.3) is 0 Å². The molecule has 2 rings (SSSR count). The molecule has 104 valence electrons. The lowest BCUT2D eigenvalue weighted by Gasteiger charge is -2.33. The summed E-state index contributed by atoms with van der Waals surface area (Å²) in [5.41, 5.74) is -0.217. The molecule has 0 aromatic heterocycles. The molecule has 0 saturated heterocycles. The minimum absolute atomic E-state index is 0.0382. The van der Waals surface area contributed by atoms with Gasteiger partial charge in [-0.25, -0.2) is 0 Å². The normalized spacial score (nSPS) is 34.6. The van der Waals surface area contributed by atoms with Crippen LogP contribution in [0.3, 0.4) is 0 Å². The maximum Gasteiger partial charge on any atom is 0.326 e. The van der Waals surface area contributed by atoms with E-state index >= 15 is 0 Å². The molecule has 3 heteroatoms. The third-order valence-electron chi connectivity index (χ3n) is 4.50. The summed E-state index contributed by atoms with van der Waals surface area (Å²) < 4.78 is 5.34. The number of esters is 1. The molecule has 2 fully saturated rings. The molecule has 0 aromatic carbocycles. The van der Waals surface area contributed by atoms with Crippen LogP contribution in [0.1, 0.15) is 53.4 Å². The Morgan fingerprint density at radius 2 is 2.06 bits per heavy atom. The number of carbonyl (C=O) groups is 1. The van der Waals surface area contributed by atoms with Crippen LogP contribution in [0.5, 0.6) is 0 Å². The van der Waals surface area contributed by atoms with Crippen molar-refractivity contribution in [3.05, 3.63) is 0 Å². The van der Waals surface area contributed by atoms with Crippen molar-refractivity contribution in [3.8, 4) is 0 Å². The van der Waals surface area contributed by atoms with Crippen LogP contribution < -0.4 is 5.32 Å². The van der Waals surface area contributed by atoms with Crippen molar-refractivity contribution in [3.63, 3.8) is 0 Å². The number of carbonyl (C=O) groups excluding carboxylic acids is 1. The van der Waals surface area contributed by atoms with E-state index in [0.717, 1.165) is 25.3 Å². The zero-order valence-corrected chi connectivity index (χ0v) is 12.2. The van der Waals surface area contributed by atoms with Crippen LogP contribution in [0.4, 0.5) is 0 Å². The first kappa shape index (κ1) is 13.9. The Morgan fingerprint density at radius 1 is 1.39 bits per heavy atom. The van der Waals surface area contributed by atoms with Gasteiger partial charge < -0.3 is 10.1 Å². The van der Waals surface area contributed by atoms with E-state index in [0.29, 0.717) is 12.5 Å². The molecule has 2 saturated carbocycles. The van der Waals surface area contributed by atoms with Gasteiger partial charge in [0, 0.05) is 0 Å².